The standard InChI is InChI=1S/C30H27F3N4O5/c31-30(32,33)42-23-9-7-19(8-10-23)20-4-3-14-29(17-20,37-26(38)11-12-27(39)40)28(41)36-22(13-15-34)16-21-18-35-25-6-2-1-5-24(21)25/h1-10,14,18,22,35H,11-13,16-17H2,(H,36,41)(H,37,38)(H,39,40). The fourth-order valence-electron chi connectivity index (χ4n) is 4.81. The highest BCUT2D eigenvalue weighted by atomic mass is 19.4. The molecule has 2 atom stereocenters. The minimum atomic E-state index is -4.85. The van der Waals surface area contributed by atoms with Gasteiger partial charge in [-0.1, -0.05) is 42.5 Å². The number of ether oxygens (including phenoxy) is 1. The topological polar surface area (TPSA) is 144 Å². The highest BCUT2D eigenvalue weighted by Gasteiger charge is 2.41. The number of alkyl halides is 3. The molecular weight excluding hydrogens is 553 g/mol. The van der Waals surface area contributed by atoms with Crippen LogP contribution in [0.4, 0.5) is 13.2 Å². The van der Waals surface area contributed by atoms with Crippen molar-refractivity contribution in [2.75, 3.05) is 0 Å². The number of aliphatic carboxylic acids is 1. The molecule has 1 heterocycles. The van der Waals surface area contributed by atoms with Crippen molar-refractivity contribution in [3.63, 3.8) is 0 Å². The first kappa shape index (κ1) is 29.9. The van der Waals surface area contributed by atoms with Gasteiger partial charge in [-0.2, -0.15) is 5.26 Å². The minimum Gasteiger partial charge on any atom is -0.481 e. The van der Waals surface area contributed by atoms with Gasteiger partial charge in [-0.15, -0.1) is 13.2 Å². The van der Waals surface area contributed by atoms with Crippen LogP contribution in [0.15, 0.2) is 73.0 Å². The van der Waals surface area contributed by atoms with E-state index in [4.69, 9.17) is 5.11 Å². The van der Waals surface area contributed by atoms with E-state index in [-0.39, 0.29) is 19.3 Å². The third-order valence-corrected chi connectivity index (χ3v) is 6.75. The van der Waals surface area contributed by atoms with E-state index < -0.39 is 47.9 Å². The fourth-order valence-corrected chi connectivity index (χ4v) is 4.81. The van der Waals surface area contributed by atoms with Crippen molar-refractivity contribution in [1.29, 1.82) is 5.26 Å². The number of para-hydroxylation sites is 1. The van der Waals surface area contributed by atoms with Crippen molar-refractivity contribution in [3.8, 4) is 11.8 Å². The van der Waals surface area contributed by atoms with Gasteiger partial charge in [-0.3, -0.25) is 14.4 Å². The van der Waals surface area contributed by atoms with Crippen LogP contribution in [0.25, 0.3) is 16.5 Å². The van der Waals surface area contributed by atoms with Gasteiger partial charge < -0.3 is 25.5 Å². The van der Waals surface area contributed by atoms with E-state index >= 15 is 0 Å². The summed E-state index contributed by atoms with van der Waals surface area (Å²) in [6, 6.07) is 14.1. The molecule has 42 heavy (non-hydrogen) atoms. The molecule has 12 heteroatoms. The number of allylic oxidation sites excluding steroid dienone is 2. The summed E-state index contributed by atoms with van der Waals surface area (Å²) in [6.07, 6.45) is 1.00. The number of hydrogen-bond acceptors (Lipinski definition) is 5. The van der Waals surface area contributed by atoms with Crippen LogP contribution in [0.1, 0.15) is 36.8 Å². The third kappa shape index (κ3) is 7.57. The molecule has 2 aromatic carbocycles. The van der Waals surface area contributed by atoms with Gasteiger partial charge in [0.2, 0.25) is 11.8 Å². The molecule has 1 aromatic heterocycles. The first-order valence-corrected chi connectivity index (χ1v) is 13.0. The molecule has 1 aliphatic carbocycles. The molecule has 3 aromatic rings. The zero-order chi connectivity index (χ0) is 30.3. The molecule has 2 unspecified atom stereocenters. The van der Waals surface area contributed by atoms with Crippen molar-refractivity contribution < 1.29 is 37.4 Å². The summed E-state index contributed by atoms with van der Waals surface area (Å²) < 4.78 is 41.7. The van der Waals surface area contributed by atoms with Gasteiger partial charge in [-0.05, 0) is 47.4 Å². The fraction of sp³-hybridized carbons (Fsp3) is 0.267. The van der Waals surface area contributed by atoms with Crippen molar-refractivity contribution in [2.24, 2.45) is 0 Å². The molecule has 0 aliphatic heterocycles. The normalized spacial score (nSPS) is 17.1. The van der Waals surface area contributed by atoms with Gasteiger partial charge in [0.05, 0.1) is 18.9 Å². The van der Waals surface area contributed by atoms with Gasteiger partial charge in [0.15, 0.2) is 0 Å². The number of rotatable bonds is 11. The number of hydrogen-bond donors (Lipinski definition) is 4. The molecule has 1 aliphatic rings. The predicted octanol–water partition coefficient (Wildman–Crippen LogP) is 4.77. The third-order valence-electron chi connectivity index (χ3n) is 6.75. The molecule has 0 spiro atoms. The van der Waals surface area contributed by atoms with Crippen LogP contribution in [0.3, 0.4) is 0 Å². The number of halogens is 3. The number of carboxylic acid groups (broad SMARTS) is 1. The molecule has 9 nitrogen and oxygen atoms in total. The van der Waals surface area contributed by atoms with Crippen molar-refractivity contribution in [2.45, 2.75) is 50.0 Å². The lowest BCUT2D eigenvalue weighted by Gasteiger charge is -2.35. The number of fused-ring (bicyclic) bond motifs is 1. The Balaban J connectivity index is 1.58. The predicted molar refractivity (Wildman–Crippen MR) is 147 cm³/mol. The Hall–Kier alpha value is -5.05. The lowest BCUT2D eigenvalue weighted by atomic mass is 9.82. The number of nitrogens with one attached hydrogen (secondary N) is 3. The Morgan fingerprint density at radius 1 is 1.12 bits per heavy atom. The van der Waals surface area contributed by atoms with E-state index in [0.717, 1.165) is 28.6 Å². The highest BCUT2D eigenvalue weighted by molar-refractivity contribution is 5.97. The summed E-state index contributed by atoms with van der Waals surface area (Å²) in [5, 5.41) is 25.0. The summed E-state index contributed by atoms with van der Waals surface area (Å²) >= 11 is 0. The number of carboxylic acids is 1. The number of carbonyl (C=O) groups excluding carboxylic acids is 2. The summed E-state index contributed by atoms with van der Waals surface area (Å²) in [4.78, 5) is 40.8. The molecule has 4 N–H and O–H groups in total. The van der Waals surface area contributed by atoms with Crippen molar-refractivity contribution in [3.05, 3.63) is 84.1 Å². The SMILES string of the molecule is N#CCC(Cc1c[nH]c2ccccc12)NC(=O)C1(NC(=O)CCC(=O)O)C=CC=C(c2ccc(OC(F)(F)F)cc2)C1. The number of aromatic nitrogens is 1. The Morgan fingerprint density at radius 3 is 2.55 bits per heavy atom. The minimum absolute atomic E-state index is 0.0264. The van der Waals surface area contributed by atoms with Crippen LogP contribution >= 0.6 is 0 Å². The number of carbonyl (C=O) groups is 3. The average molecular weight is 581 g/mol. The summed E-state index contributed by atoms with van der Waals surface area (Å²) in [5.41, 5.74) is 1.13. The van der Waals surface area contributed by atoms with E-state index in [0.29, 0.717) is 17.6 Å². The number of H-pyrrole nitrogens is 1. The van der Waals surface area contributed by atoms with E-state index in [1.807, 2.05) is 24.3 Å². The van der Waals surface area contributed by atoms with Gasteiger partial charge >= 0.3 is 12.3 Å². The van der Waals surface area contributed by atoms with Gasteiger partial charge in [0.1, 0.15) is 11.3 Å². The summed E-state index contributed by atoms with van der Waals surface area (Å²) in [7, 11) is 0. The van der Waals surface area contributed by atoms with Crippen LogP contribution in [0.2, 0.25) is 0 Å². The first-order valence-electron chi connectivity index (χ1n) is 13.0. The zero-order valence-electron chi connectivity index (χ0n) is 22.2. The Labute approximate surface area is 238 Å². The Morgan fingerprint density at radius 2 is 1.86 bits per heavy atom. The average Bonchev–Trinajstić information content (AvgIpc) is 3.34. The lowest BCUT2D eigenvalue weighted by molar-refractivity contribution is -0.274. The van der Waals surface area contributed by atoms with Gasteiger partial charge in [0.25, 0.3) is 0 Å². The molecule has 0 bridgehead atoms. The van der Waals surface area contributed by atoms with Crippen LogP contribution in [-0.2, 0) is 20.8 Å². The maximum atomic E-state index is 13.9. The second-order valence-electron chi connectivity index (χ2n) is 9.81. The van der Waals surface area contributed by atoms with Gasteiger partial charge in [-0.25, -0.2) is 0 Å². The highest BCUT2D eigenvalue weighted by Crippen LogP contribution is 2.33. The molecule has 0 radical (unpaired) electrons. The smallest absolute Gasteiger partial charge is 0.481 e. The maximum Gasteiger partial charge on any atom is 0.573 e. The Kier molecular flexibility index (Phi) is 9.00. The summed E-state index contributed by atoms with van der Waals surface area (Å²) in [6.45, 7) is 0. The second kappa shape index (κ2) is 12.6. The quantitative estimate of drug-likeness (QED) is 0.257. The van der Waals surface area contributed by atoms with Crippen molar-refractivity contribution in [1.82, 2.24) is 15.6 Å². The number of nitriles is 1. The Bertz CT molecular complexity index is 1570. The number of nitrogens with zero attached hydrogens (tertiary/aromatic N) is 1. The molecule has 0 fully saturated rings. The van der Waals surface area contributed by atoms with Crippen LogP contribution in [0.5, 0.6) is 5.75 Å². The number of aromatic amines is 1. The van der Waals surface area contributed by atoms with Crippen LogP contribution in [0, 0.1) is 11.3 Å². The van der Waals surface area contributed by atoms with E-state index in [1.165, 1.54) is 24.3 Å². The molecular formula is C30H27F3N4O5. The molecule has 4 rings (SSSR count). The lowest BCUT2D eigenvalue weighted by Crippen LogP contribution is -2.60. The monoisotopic (exact) mass is 580 g/mol. The van der Waals surface area contributed by atoms with E-state index in [1.54, 1.807) is 12.3 Å². The van der Waals surface area contributed by atoms with Gasteiger partial charge in [0, 0.05) is 36.0 Å². The molecule has 2 amide bonds. The first-order chi connectivity index (χ1) is 20.0. The van der Waals surface area contributed by atoms with E-state index in [2.05, 4.69) is 26.4 Å². The largest absolute Gasteiger partial charge is 0.573 e. The number of amides is 2. The second-order valence-corrected chi connectivity index (χ2v) is 9.81. The van der Waals surface area contributed by atoms with E-state index in [9.17, 15) is 32.8 Å². The molecule has 0 saturated carbocycles. The summed E-state index contributed by atoms with van der Waals surface area (Å²) in [5.74, 6) is -2.90. The van der Waals surface area contributed by atoms with Crippen molar-refractivity contribution >= 4 is 34.3 Å². The maximum absolute atomic E-state index is 13.9. The van der Waals surface area contributed by atoms with Crippen LogP contribution in [-0.4, -0.2) is 45.8 Å². The molecule has 218 valence electrons. The zero-order valence-corrected chi connectivity index (χ0v) is 22.2. The van der Waals surface area contributed by atoms with Crippen LogP contribution < -0.4 is 15.4 Å². The molecule has 0 saturated heterocycles. The number of benzene rings is 2.